The van der Waals surface area contributed by atoms with Crippen molar-refractivity contribution in [3.8, 4) is 5.75 Å². The standard InChI is InChI=1S/C16H19ClN2O3/c17-11-5-6-13(14(20)9-11)16(22)18-7-1-3-12(10-18)19-8-2-4-15(19)21/h5-6,9,12,20H,1-4,7-8,10H2. The summed E-state index contributed by atoms with van der Waals surface area (Å²) in [5.41, 5.74) is 0.262. The Hall–Kier alpha value is -1.75. The molecule has 0 spiro atoms. The molecule has 0 aliphatic carbocycles. The summed E-state index contributed by atoms with van der Waals surface area (Å²) in [4.78, 5) is 28.1. The summed E-state index contributed by atoms with van der Waals surface area (Å²) in [6.45, 7) is 1.98. The number of likely N-dealkylation sites (tertiary alicyclic amines) is 2. The van der Waals surface area contributed by atoms with E-state index in [1.807, 2.05) is 4.90 Å². The van der Waals surface area contributed by atoms with Gasteiger partial charge in [-0.15, -0.1) is 0 Å². The van der Waals surface area contributed by atoms with Crippen molar-refractivity contribution in [3.63, 3.8) is 0 Å². The third kappa shape index (κ3) is 2.90. The van der Waals surface area contributed by atoms with E-state index in [-0.39, 0.29) is 29.2 Å². The van der Waals surface area contributed by atoms with Gasteiger partial charge in [0.1, 0.15) is 5.75 Å². The minimum atomic E-state index is -0.203. The zero-order chi connectivity index (χ0) is 15.7. The lowest BCUT2D eigenvalue weighted by atomic mass is 10.0. The Balaban J connectivity index is 1.73. The zero-order valence-electron chi connectivity index (χ0n) is 12.3. The van der Waals surface area contributed by atoms with Crippen molar-refractivity contribution in [1.29, 1.82) is 0 Å². The molecule has 3 rings (SSSR count). The first-order chi connectivity index (χ1) is 10.6. The van der Waals surface area contributed by atoms with Crippen LogP contribution in [0.1, 0.15) is 36.0 Å². The van der Waals surface area contributed by atoms with E-state index >= 15 is 0 Å². The number of nitrogens with zero attached hydrogens (tertiary/aromatic N) is 2. The van der Waals surface area contributed by atoms with Gasteiger partial charge < -0.3 is 14.9 Å². The second kappa shape index (κ2) is 6.16. The van der Waals surface area contributed by atoms with E-state index in [2.05, 4.69) is 0 Å². The Kier molecular flexibility index (Phi) is 4.25. The van der Waals surface area contributed by atoms with Gasteiger partial charge in [0.25, 0.3) is 5.91 Å². The van der Waals surface area contributed by atoms with Gasteiger partial charge in [0, 0.05) is 37.1 Å². The topological polar surface area (TPSA) is 60.9 Å². The van der Waals surface area contributed by atoms with Gasteiger partial charge in [-0.1, -0.05) is 11.6 Å². The van der Waals surface area contributed by atoms with Crippen LogP contribution in [-0.4, -0.2) is 52.4 Å². The molecule has 0 saturated carbocycles. The summed E-state index contributed by atoms with van der Waals surface area (Å²) in [5, 5.41) is 10.3. The molecule has 1 atom stereocenters. The Morgan fingerprint density at radius 1 is 1.27 bits per heavy atom. The number of hydrogen-bond acceptors (Lipinski definition) is 3. The van der Waals surface area contributed by atoms with Gasteiger partial charge in [-0.2, -0.15) is 0 Å². The number of piperidine rings is 1. The first-order valence-electron chi connectivity index (χ1n) is 7.63. The van der Waals surface area contributed by atoms with Gasteiger partial charge >= 0.3 is 0 Å². The van der Waals surface area contributed by atoms with Gasteiger partial charge in [0.15, 0.2) is 0 Å². The fourth-order valence-electron chi connectivity index (χ4n) is 3.30. The smallest absolute Gasteiger partial charge is 0.257 e. The average molecular weight is 323 g/mol. The number of halogens is 1. The van der Waals surface area contributed by atoms with Gasteiger partial charge in [0.05, 0.1) is 5.56 Å². The number of rotatable bonds is 2. The van der Waals surface area contributed by atoms with Crippen LogP contribution in [0.5, 0.6) is 5.75 Å². The Bertz CT molecular complexity index is 605. The number of hydrogen-bond donors (Lipinski definition) is 1. The highest BCUT2D eigenvalue weighted by Gasteiger charge is 2.33. The molecule has 6 heteroatoms. The van der Waals surface area contributed by atoms with E-state index in [0.717, 1.165) is 25.8 Å². The number of benzene rings is 1. The van der Waals surface area contributed by atoms with E-state index in [9.17, 15) is 14.7 Å². The average Bonchev–Trinajstić information content (AvgIpc) is 2.93. The van der Waals surface area contributed by atoms with Crippen LogP contribution in [0, 0.1) is 0 Å². The molecular weight excluding hydrogens is 304 g/mol. The van der Waals surface area contributed by atoms with Crippen LogP contribution in [0.25, 0.3) is 0 Å². The molecule has 0 bridgehead atoms. The predicted molar refractivity (Wildman–Crippen MR) is 83.0 cm³/mol. The summed E-state index contributed by atoms with van der Waals surface area (Å²) in [7, 11) is 0. The highest BCUT2D eigenvalue weighted by molar-refractivity contribution is 6.30. The van der Waals surface area contributed by atoms with Gasteiger partial charge in [0.2, 0.25) is 5.91 Å². The van der Waals surface area contributed by atoms with Crippen molar-refractivity contribution >= 4 is 23.4 Å². The molecule has 2 amide bonds. The number of phenolic OH excluding ortho intramolecular Hbond substituents is 1. The number of carbonyl (C=O) groups excluding carboxylic acids is 2. The monoisotopic (exact) mass is 322 g/mol. The van der Waals surface area contributed by atoms with E-state index in [1.165, 1.54) is 6.07 Å². The van der Waals surface area contributed by atoms with Crippen LogP contribution < -0.4 is 0 Å². The minimum Gasteiger partial charge on any atom is -0.507 e. The van der Waals surface area contributed by atoms with Gasteiger partial charge in [-0.25, -0.2) is 0 Å². The maximum absolute atomic E-state index is 12.6. The lowest BCUT2D eigenvalue weighted by Crippen LogP contribution is -2.50. The first kappa shape index (κ1) is 15.2. The van der Waals surface area contributed by atoms with Gasteiger partial charge in [-0.05, 0) is 37.5 Å². The number of aromatic hydroxyl groups is 1. The second-order valence-corrected chi connectivity index (χ2v) is 6.34. The maximum Gasteiger partial charge on any atom is 0.257 e. The molecule has 2 saturated heterocycles. The Labute approximate surface area is 134 Å². The number of phenols is 1. The molecule has 0 aromatic heterocycles. The number of amides is 2. The highest BCUT2D eigenvalue weighted by Crippen LogP contribution is 2.26. The first-order valence-corrected chi connectivity index (χ1v) is 8.01. The summed E-state index contributed by atoms with van der Waals surface area (Å²) in [6.07, 6.45) is 3.32. The molecule has 1 aromatic rings. The van der Waals surface area contributed by atoms with Crippen LogP contribution in [0.4, 0.5) is 0 Å². The van der Waals surface area contributed by atoms with E-state index in [0.29, 0.717) is 24.5 Å². The lowest BCUT2D eigenvalue weighted by molar-refractivity contribution is -0.130. The van der Waals surface area contributed by atoms with Crippen LogP contribution in [0.3, 0.4) is 0 Å². The fraction of sp³-hybridized carbons (Fsp3) is 0.500. The van der Waals surface area contributed by atoms with Crippen molar-refractivity contribution in [2.75, 3.05) is 19.6 Å². The van der Waals surface area contributed by atoms with Gasteiger partial charge in [-0.3, -0.25) is 9.59 Å². The third-order valence-electron chi connectivity index (χ3n) is 4.42. The Morgan fingerprint density at radius 3 is 2.77 bits per heavy atom. The maximum atomic E-state index is 12.6. The fourth-order valence-corrected chi connectivity index (χ4v) is 3.47. The third-order valence-corrected chi connectivity index (χ3v) is 4.66. The van der Waals surface area contributed by atoms with Crippen LogP contribution >= 0.6 is 11.6 Å². The molecule has 2 fully saturated rings. The molecule has 2 aliphatic rings. The molecule has 2 aliphatic heterocycles. The largest absolute Gasteiger partial charge is 0.507 e. The van der Waals surface area contributed by atoms with Crippen molar-refractivity contribution in [2.24, 2.45) is 0 Å². The molecule has 0 radical (unpaired) electrons. The van der Waals surface area contributed by atoms with Crippen LogP contribution in [-0.2, 0) is 4.79 Å². The summed E-state index contributed by atoms with van der Waals surface area (Å²) < 4.78 is 0. The molecule has 22 heavy (non-hydrogen) atoms. The molecule has 2 heterocycles. The Morgan fingerprint density at radius 2 is 2.09 bits per heavy atom. The summed E-state index contributed by atoms with van der Waals surface area (Å²) >= 11 is 5.80. The predicted octanol–water partition coefficient (Wildman–Crippen LogP) is 2.27. The molecule has 5 nitrogen and oxygen atoms in total. The molecule has 118 valence electrons. The quantitative estimate of drug-likeness (QED) is 0.908. The molecule has 1 aromatic carbocycles. The van der Waals surface area contributed by atoms with Crippen LogP contribution in [0.2, 0.25) is 5.02 Å². The zero-order valence-corrected chi connectivity index (χ0v) is 13.1. The summed E-state index contributed by atoms with van der Waals surface area (Å²) in [6, 6.07) is 4.62. The highest BCUT2D eigenvalue weighted by atomic mass is 35.5. The number of carbonyl (C=O) groups is 2. The van der Waals surface area contributed by atoms with Crippen molar-refractivity contribution in [2.45, 2.75) is 31.7 Å². The minimum absolute atomic E-state index is 0.0992. The van der Waals surface area contributed by atoms with Crippen molar-refractivity contribution in [3.05, 3.63) is 28.8 Å². The van der Waals surface area contributed by atoms with Crippen molar-refractivity contribution < 1.29 is 14.7 Å². The van der Waals surface area contributed by atoms with E-state index < -0.39 is 0 Å². The lowest BCUT2D eigenvalue weighted by Gasteiger charge is -2.37. The summed E-state index contributed by atoms with van der Waals surface area (Å²) in [5.74, 6) is -0.115. The SMILES string of the molecule is O=C(c1ccc(Cl)cc1O)N1CCCC(N2CCCC2=O)C1. The van der Waals surface area contributed by atoms with E-state index in [4.69, 9.17) is 11.6 Å². The van der Waals surface area contributed by atoms with Crippen molar-refractivity contribution in [1.82, 2.24) is 9.80 Å². The second-order valence-electron chi connectivity index (χ2n) is 5.90. The van der Waals surface area contributed by atoms with E-state index in [1.54, 1.807) is 17.0 Å². The molecule has 1 unspecified atom stereocenters. The normalized spacial score (nSPS) is 22.2. The molecule has 1 N–H and O–H groups in total. The molecular formula is C16H19ClN2O3. The van der Waals surface area contributed by atoms with Crippen LogP contribution in [0.15, 0.2) is 18.2 Å².